The van der Waals surface area contributed by atoms with Crippen molar-refractivity contribution in [1.29, 1.82) is 0 Å². The van der Waals surface area contributed by atoms with Crippen molar-refractivity contribution in [3.05, 3.63) is 35.4 Å². The van der Waals surface area contributed by atoms with Gasteiger partial charge in [-0.2, -0.15) is 13.2 Å². The van der Waals surface area contributed by atoms with Crippen molar-refractivity contribution in [1.82, 2.24) is 5.32 Å². The summed E-state index contributed by atoms with van der Waals surface area (Å²) in [6.45, 7) is -0.370. The van der Waals surface area contributed by atoms with Crippen LogP contribution in [0, 0.1) is 11.6 Å². The topological polar surface area (TPSA) is 32.3 Å². The van der Waals surface area contributed by atoms with E-state index in [1.165, 1.54) is 0 Å². The van der Waals surface area contributed by atoms with Gasteiger partial charge in [-0.05, 0) is 30.5 Å². The van der Waals surface area contributed by atoms with E-state index in [4.69, 9.17) is 0 Å². The third-order valence-electron chi connectivity index (χ3n) is 3.25. The third kappa shape index (κ3) is 2.87. The van der Waals surface area contributed by atoms with E-state index < -0.39 is 29.5 Å². The fourth-order valence-electron chi connectivity index (χ4n) is 1.82. The second-order valence-electron chi connectivity index (χ2n) is 4.65. The van der Waals surface area contributed by atoms with Gasteiger partial charge < -0.3 is 10.4 Å². The van der Waals surface area contributed by atoms with Crippen LogP contribution < -0.4 is 5.32 Å². The molecule has 0 amide bonds. The molecule has 0 aliphatic heterocycles. The summed E-state index contributed by atoms with van der Waals surface area (Å²) in [6.07, 6.45) is -5.78. The molecule has 1 saturated carbocycles. The molecule has 1 fully saturated rings. The SMILES string of the molecule is OC(CNC1(C(F)(F)F)CC1)c1ccc(F)c(F)c1. The van der Waals surface area contributed by atoms with Gasteiger partial charge in [0.1, 0.15) is 5.54 Å². The Morgan fingerprint density at radius 3 is 2.32 bits per heavy atom. The molecule has 0 aromatic heterocycles. The Hall–Kier alpha value is -1.21. The van der Waals surface area contributed by atoms with Crippen molar-refractivity contribution in [2.45, 2.75) is 30.7 Å². The van der Waals surface area contributed by atoms with Crippen LogP contribution in [-0.4, -0.2) is 23.4 Å². The van der Waals surface area contributed by atoms with Crippen LogP contribution >= 0.6 is 0 Å². The van der Waals surface area contributed by atoms with Crippen LogP contribution in [0.4, 0.5) is 22.0 Å². The lowest BCUT2D eigenvalue weighted by molar-refractivity contribution is -0.166. The van der Waals surface area contributed by atoms with E-state index in [2.05, 4.69) is 5.32 Å². The highest BCUT2D eigenvalue weighted by atomic mass is 19.4. The second kappa shape index (κ2) is 4.72. The first-order valence-corrected chi connectivity index (χ1v) is 5.70. The van der Waals surface area contributed by atoms with Crippen molar-refractivity contribution in [3.8, 4) is 0 Å². The molecule has 0 spiro atoms. The number of β-amino-alcohol motifs (C(OH)–C–C–N with tert-alkyl or cyclic N) is 1. The molecule has 0 bridgehead atoms. The number of hydrogen-bond acceptors (Lipinski definition) is 2. The third-order valence-corrected chi connectivity index (χ3v) is 3.25. The smallest absolute Gasteiger partial charge is 0.387 e. The molecule has 0 saturated heterocycles. The van der Waals surface area contributed by atoms with Gasteiger partial charge in [-0.1, -0.05) is 6.07 Å². The van der Waals surface area contributed by atoms with E-state index in [9.17, 15) is 27.1 Å². The van der Waals surface area contributed by atoms with Crippen LogP contribution in [0.1, 0.15) is 24.5 Å². The zero-order valence-corrected chi connectivity index (χ0v) is 9.77. The maximum Gasteiger partial charge on any atom is 0.406 e. The summed E-state index contributed by atoms with van der Waals surface area (Å²) in [5, 5.41) is 11.9. The normalized spacial score (nSPS) is 19.3. The summed E-state index contributed by atoms with van der Waals surface area (Å²) in [5.41, 5.74) is -1.91. The summed E-state index contributed by atoms with van der Waals surface area (Å²) in [5.74, 6) is -2.22. The lowest BCUT2D eigenvalue weighted by Crippen LogP contribution is -2.46. The second-order valence-corrected chi connectivity index (χ2v) is 4.65. The van der Waals surface area contributed by atoms with Crippen molar-refractivity contribution < 1.29 is 27.1 Å². The fraction of sp³-hybridized carbons (Fsp3) is 0.500. The lowest BCUT2D eigenvalue weighted by Gasteiger charge is -2.22. The molecule has 2 nitrogen and oxygen atoms in total. The van der Waals surface area contributed by atoms with Crippen molar-refractivity contribution in [3.63, 3.8) is 0 Å². The van der Waals surface area contributed by atoms with Gasteiger partial charge in [0.05, 0.1) is 6.10 Å². The standard InChI is InChI=1S/C12H12F5NO/c13-8-2-1-7(5-9(8)14)10(19)6-18-11(3-4-11)12(15,16)17/h1-2,5,10,18-19H,3-4,6H2. The van der Waals surface area contributed by atoms with Crippen molar-refractivity contribution in [2.75, 3.05) is 6.54 Å². The fourth-order valence-corrected chi connectivity index (χ4v) is 1.82. The molecule has 2 rings (SSSR count). The number of halogens is 5. The van der Waals surface area contributed by atoms with Gasteiger partial charge in [0.25, 0.3) is 0 Å². The van der Waals surface area contributed by atoms with E-state index >= 15 is 0 Å². The number of rotatable bonds is 4. The maximum absolute atomic E-state index is 12.9. The van der Waals surface area contributed by atoms with Crippen LogP contribution in [0.15, 0.2) is 18.2 Å². The number of alkyl halides is 3. The van der Waals surface area contributed by atoms with E-state index in [-0.39, 0.29) is 24.9 Å². The van der Waals surface area contributed by atoms with E-state index in [1.807, 2.05) is 0 Å². The maximum atomic E-state index is 12.9. The highest BCUT2D eigenvalue weighted by Gasteiger charge is 2.63. The Balaban J connectivity index is 1.98. The Labute approximate surface area is 106 Å². The molecule has 1 aliphatic carbocycles. The molecule has 7 heteroatoms. The minimum absolute atomic E-state index is 0.0318. The molecule has 0 radical (unpaired) electrons. The van der Waals surface area contributed by atoms with E-state index in [0.29, 0.717) is 0 Å². The zero-order chi connectivity index (χ0) is 14.3. The molecule has 1 aliphatic rings. The minimum atomic E-state index is -4.37. The summed E-state index contributed by atoms with van der Waals surface area (Å²) in [7, 11) is 0. The molecule has 0 heterocycles. The molecular weight excluding hydrogens is 269 g/mol. The van der Waals surface area contributed by atoms with Gasteiger partial charge >= 0.3 is 6.18 Å². The number of hydrogen-bond donors (Lipinski definition) is 2. The molecule has 1 atom stereocenters. The predicted molar refractivity (Wildman–Crippen MR) is 57.3 cm³/mol. The van der Waals surface area contributed by atoms with Crippen LogP contribution in [-0.2, 0) is 0 Å². The first-order valence-electron chi connectivity index (χ1n) is 5.70. The highest BCUT2D eigenvalue weighted by molar-refractivity contribution is 5.20. The number of aliphatic hydroxyl groups is 1. The van der Waals surface area contributed by atoms with Crippen LogP contribution in [0.5, 0.6) is 0 Å². The molecule has 1 unspecified atom stereocenters. The summed E-state index contributed by atoms with van der Waals surface area (Å²) in [6, 6.07) is 2.73. The number of aliphatic hydroxyl groups excluding tert-OH is 1. The molecule has 19 heavy (non-hydrogen) atoms. The van der Waals surface area contributed by atoms with Gasteiger partial charge in [-0.3, -0.25) is 0 Å². The van der Waals surface area contributed by atoms with Crippen molar-refractivity contribution in [2.24, 2.45) is 0 Å². The molecule has 1 aromatic rings. The lowest BCUT2D eigenvalue weighted by atomic mass is 10.1. The van der Waals surface area contributed by atoms with Crippen molar-refractivity contribution >= 4 is 0 Å². The molecular formula is C12H12F5NO. The summed E-state index contributed by atoms with van der Waals surface area (Å²) < 4.78 is 63.4. The van der Waals surface area contributed by atoms with E-state index in [1.54, 1.807) is 0 Å². The van der Waals surface area contributed by atoms with Gasteiger partial charge in [0.15, 0.2) is 11.6 Å². The monoisotopic (exact) mass is 281 g/mol. The van der Waals surface area contributed by atoms with Gasteiger partial charge in [0.2, 0.25) is 0 Å². The summed E-state index contributed by atoms with van der Waals surface area (Å²) >= 11 is 0. The van der Waals surface area contributed by atoms with Crippen LogP contribution in [0.3, 0.4) is 0 Å². The molecule has 1 aromatic carbocycles. The Bertz CT molecular complexity index is 470. The Morgan fingerprint density at radius 1 is 1.21 bits per heavy atom. The molecule has 106 valence electrons. The van der Waals surface area contributed by atoms with Gasteiger partial charge in [-0.25, -0.2) is 8.78 Å². The van der Waals surface area contributed by atoms with Crippen LogP contribution in [0.2, 0.25) is 0 Å². The first-order chi connectivity index (χ1) is 8.75. The van der Waals surface area contributed by atoms with Gasteiger partial charge in [-0.15, -0.1) is 0 Å². The average molecular weight is 281 g/mol. The Kier molecular flexibility index (Phi) is 3.53. The van der Waals surface area contributed by atoms with Gasteiger partial charge in [0, 0.05) is 6.54 Å². The van der Waals surface area contributed by atoms with Crippen LogP contribution in [0.25, 0.3) is 0 Å². The predicted octanol–water partition coefficient (Wildman–Crippen LogP) is 2.68. The summed E-state index contributed by atoms with van der Waals surface area (Å²) in [4.78, 5) is 0. The quantitative estimate of drug-likeness (QED) is 0.832. The highest BCUT2D eigenvalue weighted by Crippen LogP contribution is 2.49. The Morgan fingerprint density at radius 2 is 1.84 bits per heavy atom. The number of nitrogens with one attached hydrogen (secondary N) is 1. The number of benzene rings is 1. The zero-order valence-electron chi connectivity index (χ0n) is 9.77. The molecule has 2 N–H and O–H groups in total. The largest absolute Gasteiger partial charge is 0.406 e. The van der Waals surface area contributed by atoms with E-state index in [0.717, 1.165) is 18.2 Å². The minimum Gasteiger partial charge on any atom is -0.387 e. The average Bonchev–Trinajstić information content (AvgIpc) is 3.10. The first kappa shape index (κ1) is 14.2.